The molecule has 2 amide bonds. The number of carbonyl (C=O) groups is 2. The van der Waals surface area contributed by atoms with Gasteiger partial charge in [-0.25, -0.2) is 9.59 Å². The highest BCUT2D eigenvalue weighted by atomic mass is 32.1. The zero-order chi connectivity index (χ0) is 15.4. The minimum absolute atomic E-state index is 0.157. The van der Waals surface area contributed by atoms with Gasteiger partial charge in [0.05, 0.1) is 12.6 Å². The number of carbonyl (C=O) groups excluding carboxylic acids is 1. The summed E-state index contributed by atoms with van der Waals surface area (Å²) >= 11 is 1.54. The van der Waals surface area contributed by atoms with Crippen LogP contribution in [0.1, 0.15) is 30.3 Å². The second-order valence-electron chi connectivity index (χ2n) is 4.99. The summed E-state index contributed by atoms with van der Waals surface area (Å²) in [5.41, 5.74) is 0.728. The predicted octanol–water partition coefficient (Wildman–Crippen LogP) is 1.87. The Morgan fingerprint density at radius 3 is 3.05 bits per heavy atom. The van der Waals surface area contributed by atoms with Crippen molar-refractivity contribution in [3.8, 4) is 0 Å². The Balaban J connectivity index is 2.08. The molecular formula is C14H20N2O4S. The number of thiophene rings is 1. The summed E-state index contributed by atoms with van der Waals surface area (Å²) in [6.45, 7) is 5.14. The van der Waals surface area contributed by atoms with Gasteiger partial charge >= 0.3 is 12.0 Å². The Morgan fingerprint density at radius 2 is 2.38 bits per heavy atom. The molecular weight excluding hydrogens is 292 g/mol. The van der Waals surface area contributed by atoms with Crippen LogP contribution in [0.15, 0.2) is 11.4 Å². The quantitative estimate of drug-likeness (QED) is 0.870. The zero-order valence-corrected chi connectivity index (χ0v) is 13.0. The van der Waals surface area contributed by atoms with Crippen molar-refractivity contribution in [2.75, 3.05) is 19.8 Å². The van der Waals surface area contributed by atoms with Gasteiger partial charge in [-0.05, 0) is 37.3 Å². The molecule has 1 aliphatic heterocycles. The number of rotatable bonds is 5. The third kappa shape index (κ3) is 3.54. The Morgan fingerprint density at radius 1 is 1.62 bits per heavy atom. The summed E-state index contributed by atoms with van der Waals surface area (Å²) in [6.07, 6.45) is 0.698. The lowest BCUT2D eigenvalue weighted by atomic mass is 10.0. The van der Waals surface area contributed by atoms with Crippen molar-refractivity contribution in [1.29, 1.82) is 0 Å². The zero-order valence-electron chi connectivity index (χ0n) is 12.2. The van der Waals surface area contributed by atoms with Crippen molar-refractivity contribution in [2.24, 2.45) is 0 Å². The first-order valence-electron chi connectivity index (χ1n) is 6.98. The first-order valence-corrected chi connectivity index (χ1v) is 7.86. The van der Waals surface area contributed by atoms with E-state index < -0.39 is 12.0 Å². The largest absolute Gasteiger partial charge is 0.479 e. The molecule has 0 radical (unpaired) electrons. The van der Waals surface area contributed by atoms with E-state index in [-0.39, 0.29) is 12.1 Å². The molecule has 6 nitrogen and oxygen atoms in total. The molecule has 2 unspecified atom stereocenters. The van der Waals surface area contributed by atoms with Gasteiger partial charge in [-0.2, -0.15) is 0 Å². The number of ether oxygens (including phenoxy) is 1. The predicted molar refractivity (Wildman–Crippen MR) is 79.6 cm³/mol. The van der Waals surface area contributed by atoms with E-state index >= 15 is 0 Å². The summed E-state index contributed by atoms with van der Waals surface area (Å²) in [7, 11) is 0. The van der Waals surface area contributed by atoms with Crippen molar-refractivity contribution in [3.05, 3.63) is 21.9 Å². The number of hydrogen-bond donors (Lipinski definition) is 2. The molecule has 0 bridgehead atoms. The molecule has 2 heterocycles. The molecule has 0 spiro atoms. The van der Waals surface area contributed by atoms with E-state index in [2.05, 4.69) is 5.32 Å². The van der Waals surface area contributed by atoms with Gasteiger partial charge in [0, 0.05) is 18.0 Å². The molecule has 0 fully saturated rings. The molecule has 0 saturated carbocycles. The smallest absolute Gasteiger partial charge is 0.331 e. The van der Waals surface area contributed by atoms with Crippen molar-refractivity contribution >= 4 is 23.3 Å². The minimum Gasteiger partial charge on any atom is -0.479 e. The molecule has 2 N–H and O–H groups in total. The second kappa shape index (κ2) is 6.91. The maximum atomic E-state index is 12.3. The van der Waals surface area contributed by atoms with Crippen LogP contribution < -0.4 is 5.32 Å². The third-order valence-electron chi connectivity index (χ3n) is 3.40. The highest BCUT2D eigenvalue weighted by molar-refractivity contribution is 7.10. The summed E-state index contributed by atoms with van der Waals surface area (Å²) in [5, 5.41) is 14.1. The molecule has 116 valence electrons. The topological polar surface area (TPSA) is 78.9 Å². The van der Waals surface area contributed by atoms with E-state index in [1.165, 1.54) is 4.90 Å². The van der Waals surface area contributed by atoms with Crippen LogP contribution in [0, 0.1) is 0 Å². The average Bonchev–Trinajstić information content (AvgIpc) is 2.91. The summed E-state index contributed by atoms with van der Waals surface area (Å²) < 4.78 is 5.25. The van der Waals surface area contributed by atoms with Crippen LogP contribution in [0.4, 0.5) is 4.79 Å². The van der Waals surface area contributed by atoms with Crippen LogP contribution in [0.3, 0.4) is 0 Å². The highest BCUT2D eigenvalue weighted by Gasteiger charge is 2.36. The van der Waals surface area contributed by atoms with E-state index in [9.17, 15) is 14.7 Å². The number of fused-ring (bicyclic) bond motifs is 1. The van der Waals surface area contributed by atoms with Crippen LogP contribution in [0.2, 0.25) is 0 Å². The van der Waals surface area contributed by atoms with E-state index in [1.807, 2.05) is 19.2 Å². The number of amides is 2. The third-order valence-corrected chi connectivity index (χ3v) is 4.40. The van der Waals surface area contributed by atoms with Crippen LogP contribution in [0.5, 0.6) is 0 Å². The Bertz CT molecular complexity index is 517. The maximum Gasteiger partial charge on any atom is 0.331 e. The molecule has 0 aliphatic carbocycles. The first-order chi connectivity index (χ1) is 10.0. The van der Waals surface area contributed by atoms with Gasteiger partial charge in [0.15, 0.2) is 6.04 Å². The fourth-order valence-electron chi connectivity index (χ4n) is 2.43. The monoisotopic (exact) mass is 312 g/mol. The van der Waals surface area contributed by atoms with Crippen LogP contribution >= 0.6 is 11.3 Å². The number of carboxylic acid groups (broad SMARTS) is 1. The van der Waals surface area contributed by atoms with Crippen LogP contribution in [-0.2, 0) is 16.0 Å². The molecule has 7 heteroatoms. The van der Waals surface area contributed by atoms with E-state index in [4.69, 9.17) is 4.74 Å². The molecule has 0 saturated heterocycles. The second-order valence-corrected chi connectivity index (χ2v) is 5.99. The Labute approximate surface area is 127 Å². The fourth-order valence-corrected chi connectivity index (χ4v) is 3.34. The van der Waals surface area contributed by atoms with Gasteiger partial charge in [0.25, 0.3) is 0 Å². The van der Waals surface area contributed by atoms with Crippen molar-refractivity contribution in [2.45, 2.75) is 32.4 Å². The van der Waals surface area contributed by atoms with Crippen LogP contribution in [0.25, 0.3) is 0 Å². The SMILES string of the molecule is CCOCC(C)NC(=O)N1CCc2sccc2C1C(=O)O. The van der Waals surface area contributed by atoms with Crippen molar-refractivity contribution < 1.29 is 19.4 Å². The normalized spacial score (nSPS) is 19.0. The van der Waals surface area contributed by atoms with Crippen molar-refractivity contribution in [3.63, 3.8) is 0 Å². The summed E-state index contributed by atoms with van der Waals surface area (Å²) in [5.74, 6) is -0.998. The number of carboxylic acids is 1. The van der Waals surface area contributed by atoms with Gasteiger partial charge in [-0.3, -0.25) is 0 Å². The van der Waals surface area contributed by atoms with E-state index in [1.54, 1.807) is 17.4 Å². The molecule has 0 aromatic carbocycles. The first kappa shape index (κ1) is 15.8. The molecule has 1 aromatic rings. The highest BCUT2D eigenvalue weighted by Crippen LogP contribution is 2.33. The molecule has 1 aliphatic rings. The van der Waals surface area contributed by atoms with Gasteiger partial charge in [-0.15, -0.1) is 11.3 Å². The van der Waals surface area contributed by atoms with Gasteiger partial charge in [0.1, 0.15) is 0 Å². The Hall–Kier alpha value is -1.60. The molecule has 2 atom stereocenters. The number of urea groups is 1. The van der Waals surface area contributed by atoms with E-state index in [0.29, 0.717) is 26.2 Å². The van der Waals surface area contributed by atoms with E-state index in [0.717, 1.165) is 10.4 Å². The molecule has 2 rings (SSSR count). The molecule has 1 aromatic heterocycles. The van der Waals surface area contributed by atoms with Gasteiger partial charge in [-0.1, -0.05) is 0 Å². The lowest BCUT2D eigenvalue weighted by molar-refractivity contribution is -0.142. The van der Waals surface area contributed by atoms with Crippen LogP contribution in [-0.4, -0.2) is 47.8 Å². The standard InChI is InChI=1S/C14H20N2O4S/c1-3-20-8-9(2)15-14(19)16-6-4-11-10(5-7-21-11)12(16)13(17)18/h5,7,9,12H,3-4,6,8H2,1-2H3,(H,15,19)(H,17,18). The number of nitrogens with zero attached hydrogens (tertiary/aromatic N) is 1. The van der Waals surface area contributed by atoms with Crippen molar-refractivity contribution in [1.82, 2.24) is 10.2 Å². The lowest BCUT2D eigenvalue weighted by Gasteiger charge is -2.34. The maximum absolute atomic E-state index is 12.3. The van der Waals surface area contributed by atoms with Gasteiger partial charge < -0.3 is 20.1 Å². The Kier molecular flexibility index (Phi) is 5.19. The molecule has 21 heavy (non-hydrogen) atoms. The summed E-state index contributed by atoms with van der Waals surface area (Å²) in [4.78, 5) is 26.3. The fraction of sp³-hybridized carbons (Fsp3) is 0.571. The minimum atomic E-state index is -0.998. The number of nitrogens with one attached hydrogen (secondary N) is 1. The lowest BCUT2D eigenvalue weighted by Crippen LogP contribution is -2.50. The van der Waals surface area contributed by atoms with Gasteiger partial charge in [0.2, 0.25) is 0 Å². The number of hydrogen-bond acceptors (Lipinski definition) is 4. The average molecular weight is 312 g/mol. The summed E-state index contributed by atoms with van der Waals surface area (Å²) in [6, 6.07) is 0.378. The number of aliphatic carboxylic acids is 1.